The molecule has 0 fully saturated rings. The standard InChI is InChI=1S/C19H19N7O2/c1-27-14-8-13(9-15(10-14)28-2)16-22-19-24-18(23-17(20)26(19)25-16)21-11-12-6-4-3-5-7-12/h3-10H,11H2,1-2H3,(H3,20,21,22,23,24,25). The SMILES string of the molecule is COc1cc(OC)cc(-c2nc3nc(NCc4ccccc4)nc(N)n3n2)c1. The lowest BCUT2D eigenvalue weighted by Gasteiger charge is -2.06. The van der Waals surface area contributed by atoms with Gasteiger partial charge in [-0.25, -0.2) is 0 Å². The van der Waals surface area contributed by atoms with Crippen molar-refractivity contribution in [2.75, 3.05) is 25.3 Å². The Hall–Kier alpha value is -3.88. The van der Waals surface area contributed by atoms with Gasteiger partial charge in [-0.15, -0.1) is 5.10 Å². The van der Waals surface area contributed by atoms with Gasteiger partial charge in [-0.2, -0.15) is 19.5 Å². The molecule has 142 valence electrons. The molecule has 4 aromatic rings. The first-order valence-corrected chi connectivity index (χ1v) is 8.58. The van der Waals surface area contributed by atoms with Crippen LogP contribution < -0.4 is 20.5 Å². The van der Waals surface area contributed by atoms with Crippen LogP contribution in [-0.4, -0.2) is 38.8 Å². The van der Waals surface area contributed by atoms with E-state index in [1.807, 2.05) is 42.5 Å². The molecule has 0 unspecified atom stereocenters. The molecule has 0 spiro atoms. The molecule has 28 heavy (non-hydrogen) atoms. The zero-order chi connectivity index (χ0) is 19.5. The zero-order valence-corrected chi connectivity index (χ0v) is 15.5. The second-order valence-corrected chi connectivity index (χ2v) is 5.99. The highest BCUT2D eigenvalue weighted by molar-refractivity contribution is 5.63. The van der Waals surface area contributed by atoms with Gasteiger partial charge >= 0.3 is 0 Å². The molecule has 9 nitrogen and oxygen atoms in total. The van der Waals surface area contributed by atoms with E-state index in [0.29, 0.717) is 35.6 Å². The summed E-state index contributed by atoms with van der Waals surface area (Å²) in [6.07, 6.45) is 0. The van der Waals surface area contributed by atoms with Crippen LogP contribution in [0.15, 0.2) is 48.5 Å². The third kappa shape index (κ3) is 3.50. The minimum absolute atomic E-state index is 0.189. The van der Waals surface area contributed by atoms with E-state index in [9.17, 15) is 0 Å². The van der Waals surface area contributed by atoms with E-state index in [1.54, 1.807) is 20.3 Å². The van der Waals surface area contributed by atoms with E-state index in [2.05, 4.69) is 25.4 Å². The number of aromatic nitrogens is 5. The van der Waals surface area contributed by atoms with Gasteiger partial charge in [0.05, 0.1) is 14.2 Å². The second kappa shape index (κ2) is 7.39. The molecule has 0 aliphatic rings. The number of hydrogen-bond donors (Lipinski definition) is 2. The fourth-order valence-electron chi connectivity index (χ4n) is 2.72. The van der Waals surface area contributed by atoms with Gasteiger partial charge in [-0.1, -0.05) is 30.3 Å². The summed E-state index contributed by atoms with van der Waals surface area (Å²) in [7, 11) is 3.17. The number of rotatable bonds is 6. The summed E-state index contributed by atoms with van der Waals surface area (Å²) < 4.78 is 12.0. The average molecular weight is 377 g/mol. The number of methoxy groups -OCH3 is 2. The highest BCUT2D eigenvalue weighted by Gasteiger charge is 2.14. The van der Waals surface area contributed by atoms with Gasteiger partial charge < -0.3 is 20.5 Å². The lowest BCUT2D eigenvalue weighted by atomic mass is 10.2. The van der Waals surface area contributed by atoms with Crippen molar-refractivity contribution in [3.8, 4) is 22.9 Å². The van der Waals surface area contributed by atoms with Gasteiger partial charge in [0.2, 0.25) is 11.9 Å². The van der Waals surface area contributed by atoms with Crippen molar-refractivity contribution in [2.45, 2.75) is 6.54 Å². The Labute approximate surface area is 161 Å². The first-order chi connectivity index (χ1) is 13.7. The number of nitrogens with zero attached hydrogens (tertiary/aromatic N) is 5. The molecule has 2 heterocycles. The van der Waals surface area contributed by atoms with Crippen molar-refractivity contribution < 1.29 is 9.47 Å². The minimum Gasteiger partial charge on any atom is -0.497 e. The fraction of sp³-hybridized carbons (Fsp3) is 0.158. The normalized spacial score (nSPS) is 10.8. The van der Waals surface area contributed by atoms with E-state index in [-0.39, 0.29) is 5.95 Å². The Morgan fingerprint density at radius 2 is 1.68 bits per heavy atom. The second-order valence-electron chi connectivity index (χ2n) is 5.99. The summed E-state index contributed by atoms with van der Waals surface area (Å²) in [6.45, 7) is 0.574. The smallest absolute Gasteiger partial charge is 0.259 e. The van der Waals surface area contributed by atoms with Crippen LogP contribution in [0.4, 0.5) is 11.9 Å². The van der Waals surface area contributed by atoms with Gasteiger partial charge in [0.15, 0.2) is 5.82 Å². The third-order valence-electron chi connectivity index (χ3n) is 4.14. The predicted octanol–water partition coefficient (Wildman–Crippen LogP) is 2.40. The maximum absolute atomic E-state index is 6.05. The van der Waals surface area contributed by atoms with Crippen LogP contribution in [-0.2, 0) is 6.54 Å². The molecule has 9 heteroatoms. The summed E-state index contributed by atoms with van der Waals surface area (Å²) in [4.78, 5) is 13.1. The Bertz CT molecular complexity index is 1090. The fourth-order valence-corrected chi connectivity index (χ4v) is 2.72. The number of benzene rings is 2. The maximum atomic E-state index is 6.05. The molecule has 2 aromatic carbocycles. The quantitative estimate of drug-likeness (QED) is 0.527. The van der Waals surface area contributed by atoms with E-state index in [0.717, 1.165) is 11.1 Å². The lowest BCUT2D eigenvalue weighted by Crippen LogP contribution is -2.09. The Kier molecular flexibility index (Phi) is 4.63. The van der Waals surface area contributed by atoms with Gasteiger partial charge in [-0.3, -0.25) is 0 Å². The van der Waals surface area contributed by atoms with Gasteiger partial charge in [0.25, 0.3) is 5.78 Å². The topological polar surface area (TPSA) is 112 Å². The third-order valence-corrected chi connectivity index (χ3v) is 4.14. The van der Waals surface area contributed by atoms with Gasteiger partial charge in [0.1, 0.15) is 11.5 Å². The van der Waals surface area contributed by atoms with Crippen LogP contribution in [0.1, 0.15) is 5.56 Å². The molecule has 0 amide bonds. The molecule has 4 rings (SSSR count). The summed E-state index contributed by atoms with van der Waals surface area (Å²) in [5.41, 5.74) is 7.88. The molecule has 0 saturated heterocycles. The van der Waals surface area contributed by atoms with Crippen molar-refractivity contribution in [2.24, 2.45) is 0 Å². The van der Waals surface area contributed by atoms with E-state index >= 15 is 0 Å². The largest absolute Gasteiger partial charge is 0.497 e. The molecule has 0 bridgehead atoms. The Balaban J connectivity index is 1.66. The number of nitrogens with one attached hydrogen (secondary N) is 1. The lowest BCUT2D eigenvalue weighted by molar-refractivity contribution is 0.394. The molecule has 0 radical (unpaired) electrons. The van der Waals surface area contributed by atoms with Crippen LogP contribution in [0.3, 0.4) is 0 Å². The van der Waals surface area contributed by atoms with E-state index in [1.165, 1.54) is 4.52 Å². The van der Waals surface area contributed by atoms with Crippen molar-refractivity contribution >= 4 is 17.7 Å². The van der Waals surface area contributed by atoms with Gasteiger partial charge in [-0.05, 0) is 17.7 Å². The maximum Gasteiger partial charge on any atom is 0.259 e. The van der Waals surface area contributed by atoms with Crippen LogP contribution in [0.5, 0.6) is 11.5 Å². The Morgan fingerprint density at radius 3 is 2.36 bits per heavy atom. The van der Waals surface area contributed by atoms with Crippen molar-refractivity contribution in [3.05, 3.63) is 54.1 Å². The minimum atomic E-state index is 0.189. The summed E-state index contributed by atoms with van der Waals surface area (Å²) >= 11 is 0. The van der Waals surface area contributed by atoms with Gasteiger partial charge in [0, 0.05) is 18.2 Å². The average Bonchev–Trinajstić information content (AvgIpc) is 3.17. The molecular formula is C19H19N7O2. The molecule has 2 aromatic heterocycles. The highest BCUT2D eigenvalue weighted by Crippen LogP contribution is 2.28. The van der Waals surface area contributed by atoms with Crippen LogP contribution in [0, 0.1) is 0 Å². The molecule has 0 saturated carbocycles. The molecule has 0 aliphatic heterocycles. The van der Waals surface area contributed by atoms with Crippen LogP contribution >= 0.6 is 0 Å². The van der Waals surface area contributed by atoms with E-state index < -0.39 is 0 Å². The first kappa shape index (κ1) is 17.5. The molecule has 0 aliphatic carbocycles. The van der Waals surface area contributed by atoms with Crippen LogP contribution in [0.25, 0.3) is 17.2 Å². The Morgan fingerprint density at radius 1 is 0.964 bits per heavy atom. The van der Waals surface area contributed by atoms with Crippen LogP contribution in [0.2, 0.25) is 0 Å². The van der Waals surface area contributed by atoms with Crippen molar-refractivity contribution in [1.82, 2.24) is 24.6 Å². The predicted molar refractivity (Wildman–Crippen MR) is 105 cm³/mol. The number of nitrogen functional groups attached to an aromatic ring is 1. The number of ether oxygens (including phenoxy) is 2. The molecular weight excluding hydrogens is 358 g/mol. The number of hydrogen-bond acceptors (Lipinski definition) is 8. The number of fused-ring (bicyclic) bond motifs is 1. The number of anilines is 2. The summed E-state index contributed by atoms with van der Waals surface area (Å²) in [6, 6.07) is 15.4. The van der Waals surface area contributed by atoms with Crippen molar-refractivity contribution in [1.29, 1.82) is 0 Å². The zero-order valence-electron chi connectivity index (χ0n) is 15.5. The summed E-state index contributed by atoms with van der Waals surface area (Å²) in [5.74, 6) is 2.64. The first-order valence-electron chi connectivity index (χ1n) is 8.58. The number of nitrogens with two attached hydrogens (primary N) is 1. The highest BCUT2D eigenvalue weighted by atomic mass is 16.5. The molecule has 0 atom stereocenters. The molecule has 3 N–H and O–H groups in total. The summed E-state index contributed by atoms with van der Waals surface area (Å²) in [5, 5.41) is 7.57. The van der Waals surface area contributed by atoms with Crippen molar-refractivity contribution in [3.63, 3.8) is 0 Å². The monoisotopic (exact) mass is 377 g/mol. The van der Waals surface area contributed by atoms with E-state index in [4.69, 9.17) is 15.2 Å².